The molecule has 3 rings (SSSR count). The number of ether oxygens (including phenoxy) is 1. The van der Waals surface area contributed by atoms with Crippen molar-refractivity contribution < 1.29 is 14.6 Å². The van der Waals surface area contributed by atoms with Gasteiger partial charge in [0.15, 0.2) is 0 Å². The van der Waals surface area contributed by atoms with Crippen molar-refractivity contribution in [2.75, 3.05) is 7.11 Å². The zero-order chi connectivity index (χ0) is 20.3. The summed E-state index contributed by atoms with van der Waals surface area (Å²) in [5.41, 5.74) is 6.12. The third-order valence-corrected chi connectivity index (χ3v) is 4.90. The van der Waals surface area contributed by atoms with Crippen molar-refractivity contribution in [1.29, 1.82) is 0 Å². The number of hydrogen-bond donors (Lipinski definition) is 1. The summed E-state index contributed by atoms with van der Waals surface area (Å²) in [5.74, 6) is -0.127. The lowest BCUT2D eigenvalue weighted by Crippen LogP contribution is -2.10. The lowest BCUT2D eigenvalue weighted by atomic mass is 9.86. The average molecular weight is 374 g/mol. The third kappa shape index (κ3) is 4.61. The highest BCUT2D eigenvalue weighted by molar-refractivity contribution is 5.88. The first-order chi connectivity index (χ1) is 13.3. The van der Waals surface area contributed by atoms with E-state index in [1.807, 2.05) is 24.3 Å². The Hall–Kier alpha value is -3.07. The smallest absolute Gasteiger partial charge is 0.335 e. The van der Waals surface area contributed by atoms with Gasteiger partial charge < -0.3 is 9.84 Å². The van der Waals surface area contributed by atoms with Gasteiger partial charge in [-0.15, -0.1) is 0 Å². The monoisotopic (exact) mass is 374 g/mol. The van der Waals surface area contributed by atoms with Crippen molar-refractivity contribution in [3.63, 3.8) is 0 Å². The number of rotatable bonds is 5. The zero-order valence-electron chi connectivity index (χ0n) is 16.8. The van der Waals surface area contributed by atoms with Crippen molar-refractivity contribution in [3.8, 4) is 16.9 Å². The van der Waals surface area contributed by atoms with Crippen LogP contribution in [0.15, 0.2) is 66.7 Å². The molecule has 0 spiro atoms. The van der Waals surface area contributed by atoms with Gasteiger partial charge in [-0.3, -0.25) is 0 Å². The molecule has 28 heavy (non-hydrogen) atoms. The molecule has 3 heteroatoms. The highest BCUT2D eigenvalue weighted by Gasteiger charge is 2.13. The van der Waals surface area contributed by atoms with Crippen LogP contribution in [0.25, 0.3) is 11.1 Å². The first-order valence-corrected chi connectivity index (χ1v) is 9.37. The highest BCUT2D eigenvalue weighted by Crippen LogP contribution is 2.28. The Kier molecular flexibility index (Phi) is 5.55. The Balaban J connectivity index is 1.89. The molecule has 3 aromatic carbocycles. The summed E-state index contributed by atoms with van der Waals surface area (Å²) in [7, 11) is 1.66. The fourth-order valence-electron chi connectivity index (χ4n) is 3.21. The molecule has 0 heterocycles. The van der Waals surface area contributed by atoms with Crippen LogP contribution < -0.4 is 4.74 Å². The van der Waals surface area contributed by atoms with E-state index in [0.717, 1.165) is 28.9 Å². The van der Waals surface area contributed by atoms with Crippen LogP contribution in [-0.2, 0) is 11.8 Å². The molecule has 0 aliphatic carbocycles. The summed E-state index contributed by atoms with van der Waals surface area (Å²) in [6.07, 6.45) is 0.807. The lowest BCUT2D eigenvalue weighted by molar-refractivity contribution is 0.0697. The van der Waals surface area contributed by atoms with Crippen LogP contribution in [0.4, 0.5) is 0 Å². The maximum Gasteiger partial charge on any atom is 0.335 e. The second kappa shape index (κ2) is 7.89. The van der Waals surface area contributed by atoms with Gasteiger partial charge in [0, 0.05) is 0 Å². The van der Waals surface area contributed by atoms with Crippen LogP contribution in [0, 0.1) is 0 Å². The molecule has 0 unspecified atom stereocenters. The molecule has 0 aromatic heterocycles. The summed E-state index contributed by atoms with van der Waals surface area (Å²) in [6.45, 7) is 6.64. The molecule has 3 nitrogen and oxygen atoms in total. The fourth-order valence-corrected chi connectivity index (χ4v) is 3.21. The summed E-state index contributed by atoms with van der Waals surface area (Å²) in [4.78, 5) is 11.1. The fraction of sp³-hybridized carbons (Fsp3) is 0.240. The molecule has 0 fully saturated rings. The molecular formula is C25H26O3. The molecule has 0 radical (unpaired) electrons. The van der Waals surface area contributed by atoms with E-state index in [2.05, 4.69) is 51.1 Å². The first-order valence-electron chi connectivity index (χ1n) is 9.37. The number of hydrogen-bond acceptors (Lipinski definition) is 2. The molecular weight excluding hydrogens is 348 g/mol. The van der Waals surface area contributed by atoms with Crippen molar-refractivity contribution in [2.24, 2.45) is 0 Å². The van der Waals surface area contributed by atoms with Gasteiger partial charge >= 0.3 is 5.97 Å². The Morgan fingerprint density at radius 1 is 0.857 bits per heavy atom. The second-order valence-electron chi connectivity index (χ2n) is 8.08. The first kappa shape index (κ1) is 19.7. The van der Waals surface area contributed by atoms with E-state index in [1.165, 1.54) is 11.1 Å². The summed E-state index contributed by atoms with van der Waals surface area (Å²) < 4.78 is 5.49. The highest BCUT2D eigenvalue weighted by atomic mass is 16.5. The Labute approximate surface area is 166 Å². The van der Waals surface area contributed by atoms with Gasteiger partial charge in [0.2, 0.25) is 0 Å². The van der Waals surface area contributed by atoms with Gasteiger partial charge in [-0.2, -0.15) is 0 Å². The third-order valence-electron chi connectivity index (χ3n) is 4.90. The molecule has 0 aliphatic rings. The number of carboxylic acid groups (broad SMARTS) is 1. The van der Waals surface area contributed by atoms with E-state index in [4.69, 9.17) is 9.84 Å². The quantitative estimate of drug-likeness (QED) is 0.600. The van der Waals surface area contributed by atoms with Gasteiger partial charge in [-0.1, -0.05) is 63.2 Å². The normalized spacial score (nSPS) is 11.3. The van der Waals surface area contributed by atoms with E-state index < -0.39 is 5.97 Å². The molecule has 0 saturated heterocycles. The predicted octanol–water partition coefficient (Wildman–Crippen LogP) is 5.95. The van der Waals surface area contributed by atoms with Crippen molar-refractivity contribution in [3.05, 3.63) is 89.0 Å². The van der Waals surface area contributed by atoms with Gasteiger partial charge in [0.05, 0.1) is 12.7 Å². The minimum Gasteiger partial charge on any atom is -0.497 e. The zero-order valence-corrected chi connectivity index (χ0v) is 16.8. The Bertz CT molecular complexity index is 962. The van der Waals surface area contributed by atoms with Gasteiger partial charge in [0.1, 0.15) is 5.75 Å². The molecule has 0 atom stereocenters. The topological polar surface area (TPSA) is 46.5 Å². The van der Waals surface area contributed by atoms with Crippen LogP contribution in [0.5, 0.6) is 5.75 Å². The SMILES string of the molecule is COc1cc(Cc2ccc(C(C)(C)C)cc2)cc(-c2ccc(C(=O)O)cc2)c1. The molecule has 0 bridgehead atoms. The van der Waals surface area contributed by atoms with Gasteiger partial charge in [0.25, 0.3) is 0 Å². The largest absolute Gasteiger partial charge is 0.497 e. The number of benzene rings is 3. The molecule has 0 aliphatic heterocycles. The minimum absolute atomic E-state index is 0.143. The predicted molar refractivity (Wildman–Crippen MR) is 113 cm³/mol. The molecule has 0 saturated carbocycles. The maximum atomic E-state index is 11.1. The number of carbonyl (C=O) groups is 1. The van der Waals surface area contributed by atoms with E-state index in [1.54, 1.807) is 19.2 Å². The minimum atomic E-state index is -0.920. The standard InChI is InChI=1S/C25H26O3/c1-25(2,3)22-11-5-17(6-12-22)13-18-14-21(16-23(15-18)28-4)19-7-9-20(10-8-19)24(26)27/h5-12,14-16H,13H2,1-4H3,(H,26,27). The number of carboxylic acids is 1. The lowest BCUT2D eigenvalue weighted by Gasteiger charge is -2.19. The van der Waals surface area contributed by atoms with Crippen molar-refractivity contribution in [2.45, 2.75) is 32.6 Å². The van der Waals surface area contributed by atoms with E-state index in [0.29, 0.717) is 0 Å². The Morgan fingerprint density at radius 3 is 2.04 bits per heavy atom. The van der Waals surface area contributed by atoms with Gasteiger partial charge in [-0.05, 0) is 63.9 Å². The van der Waals surface area contributed by atoms with E-state index in [-0.39, 0.29) is 11.0 Å². The maximum absolute atomic E-state index is 11.1. The number of aromatic carboxylic acids is 1. The Morgan fingerprint density at radius 2 is 1.50 bits per heavy atom. The van der Waals surface area contributed by atoms with Crippen LogP contribution in [-0.4, -0.2) is 18.2 Å². The molecule has 3 aromatic rings. The van der Waals surface area contributed by atoms with Crippen molar-refractivity contribution in [1.82, 2.24) is 0 Å². The molecule has 1 N–H and O–H groups in total. The number of methoxy groups -OCH3 is 1. The van der Waals surface area contributed by atoms with E-state index >= 15 is 0 Å². The summed E-state index contributed by atoms with van der Waals surface area (Å²) in [6, 6.07) is 21.8. The van der Waals surface area contributed by atoms with Crippen LogP contribution in [0.3, 0.4) is 0 Å². The average Bonchev–Trinajstić information content (AvgIpc) is 2.67. The molecule has 144 valence electrons. The second-order valence-corrected chi connectivity index (χ2v) is 8.08. The summed E-state index contributed by atoms with van der Waals surface area (Å²) in [5, 5.41) is 9.09. The van der Waals surface area contributed by atoms with Crippen LogP contribution in [0.1, 0.15) is 47.8 Å². The van der Waals surface area contributed by atoms with Gasteiger partial charge in [-0.25, -0.2) is 4.79 Å². The van der Waals surface area contributed by atoms with Crippen molar-refractivity contribution >= 4 is 5.97 Å². The molecule has 0 amide bonds. The summed E-state index contributed by atoms with van der Waals surface area (Å²) >= 11 is 0. The van der Waals surface area contributed by atoms with Crippen LogP contribution in [0.2, 0.25) is 0 Å². The van der Waals surface area contributed by atoms with Crippen LogP contribution >= 0.6 is 0 Å². The van der Waals surface area contributed by atoms with E-state index in [9.17, 15) is 4.79 Å².